The van der Waals surface area contributed by atoms with Crippen molar-refractivity contribution in [3.63, 3.8) is 0 Å². The molecule has 0 aromatic heterocycles. The number of hydrogen-bond donors (Lipinski definition) is 0. The Kier molecular flexibility index (Phi) is 9.46. The third-order valence-electron chi connectivity index (χ3n) is 7.23. The largest absolute Gasteiger partial charge is 0.215 e. The van der Waals surface area contributed by atoms with E-state index in [2.05, 4.69) is 136 Å². The Bertz CT molecular complexity index is 820. The fourth-order valence-electron chi connectivity index (χ4n) is 8.31. The fourth-order valence-corrected chi connectivity index (χ4v) is 104. The molecule has 1 unspecified atom stereocenters. The molecule has 8 heteroatoms. The van der Waals surface area contributed by atoms with Crippen LogP contribution in [0.25, 0.3) is 0 Å². The molecule has 0 N–H and O–H groups in total. The van der Waals surface area contributed by atoms with Crippen LogP contribution in [0, 0.1) is 0 Å². The lowest BCUT2D eigenvalue weighted by atomic mass is 10.4. The lowest BCUT2D eigenvalue weighted by Crippen LogP contribution is -2.80. The van der Waals surface area contributed by atoms with E-state index in [-0.39, 0.29) is 7.92 Å². The SMILES string of the molecule is CP(C)C([Si](C)(C)C)([Si](C)(C)C)[Si](Cl)(c1ccccc1)P(C)(C)=C([Si](C)(C)C)[Si](C)(C)C. The lowest BCUT2D eigenvalue weighted by Gasteiger charge is -2.65. The molecule has 0 aliphatic carbocycles. The van der Waals surface area contributed by atoms with Gasteiger partial charge in [-0.3, -0.25) is 0 Å². The van der Waals surface area contributed by atoms with Gasteiger partial charge in [0.05, 0.1) is 32.3 Å². The van der Waals surface area contributed by atoms with Crippen molar-refractivity contribution in [1.82, 2.24) is 0 Å². The van der Waals surface area contributed by atoms with Crippen molar-refractivity contribution in [2.75, 3.05) is 26.7 Å². The van der Waals surface area contributed by atoms with Gasteiger partial charge >= 0.3 is 0 Å². The van der Waals surface area contributed by atoms with Gasteiger partial charge in [-0.25, -0.2) is 0 Å². The van der Waals surface area contributed by atoms with Gasteiger partial charge in [0.1, 0.15) is 0 Å². The highest BCUT2D eigenvalue weighted by atomic mass is 35.6. The Morgan fingerprint density at radius 2 is 1.06 bits per heavy atom. The van der Waals surface area contributed by atoms with Gasteiger partial charge in [-0.1, -0.05) is 113 Å². The number of halogens is 1. The molecule has 186 valence electrons. The van der Waals surface area contributed by atoms with Gasteiger partial charge in [0.25, 0.3) is 0 Å². The second kappa shape index (κ2) is 9.65. The number of rotatable bonds is 8. The molecule has 0 saturated carbocycles. The molecule has 0 fully saturated rings. The van der Waals surface area contributed by atoms with Crippen LogP contribution < -0.4 is 5.19 Å². The maximum atomic E-state index is 8.75. The summed E-state index contributed by atoms with van der Waals surface area (Å²) in [6.45, 7) is 42.4. The van der Waals surface area contributed by atoms with Crippen LogP contribution in [0.3, 0.4) is 0 Å². The van der Waals surface area contributed by atoms with Crippen molar-refractivity contribution >= 4 is 74.5 Å². The Morgan fingerprint density at radius 1 is 0.719 bits per heavy atom. The van der Waals surface area contributed by atoms with Crippen LogP contribution >= 0.6 is 25.4 Å². The van der Waals surface area contributed by atoms with Gasteiger partial charge in [0.2, 0.25) is 7.05 Å². The summed E-state index contributed by atoms with van der Waals surface area (Å²) in [5.41, 5.74) is 0. The standard InChI is InChI=1S/C24H53ClP2Si5/c1-26(2)24(30(11,12)13,31(14,15)16)32(25,22-20-18-17-19-21-22)27(3,4)23(28(5,6)7)29(8,9)10/h17-21H,1-16H3. The third-order valence-corrected chi connectivity index (χ3v) is 69.5. The van der Waals surface area contributed by atoms with Crippen LogP contribution in [0.2, 0.25) is 78.6 Å². The van der Waals surface area contributed by atoms with Crippen LogP contribution in [-0.2, 0) is 0 Å². The van der Waals surface area contributed by atoms with Gasteiger partial charge in [0.15, 0.2) is 0 Å². The molecular weight excluding hydrogens is 526 g/mol. The first-order valence-corrected chi connectivity index (χ1v) is 34.8. The van der Waals surface area contributed by atoms with Gasteiger partial charge in [-0.2, -0.15) is 11.1 Å². The highest BCUT2D eigenvalue weighted by Gasteiger charge is 2.70. The molecule has 1 rings (SSSR count). The second-order valence-electron chi connectivity index (χ2n) is 14.4. The van der Waals surface area contributed by atoms with Crippen molar-refractivity contribution in [3.8, 4) is 0 Å². The van der Waals surface area contributed by atoms with E-state index in [1.165, 1.54) is 0 Å². The van der Waals surface area contributed by atoms with Crippen LogP contribution in [0.4, 0.5) is 0 Å². The van der Waals surface area contributed by atoms with Crippen LogP contribution in [-0.4, -0.2) is 74.6 Å². The molecule has 0 spiro atoms. The molecule has 1 aromatic carbocycles. The van der Waals surface area contributed by atoms with E-state index in [1.54, 1.807) is 5.19 Å². The molecule has 0 amide bonds. The lowest BCUT2D eigenvalue weighted by molar-refractivity contribution is 1.32. The second-order valence-corrected chi connectivity index (χ2v) is 55.2. The topological polar surface area (TPSA) is 0 Å². The summed E-state index contributed by atoms with van der Waals surface area (Å²) in [5.74, 6) is 0. The molecule has 0 nitrogen and oxygen atoms in total. The average Bonchev–Trinajstić information content (AvgIpc) is 2.49. The van der Waals surface area contributed by atoms with E-state index in [9.17, 15) is 0 Å². The van der Waals surface area contributed by atoms with Gasteiger partial charge in [0, 0.05) is 0 Å². The van der Waals surface area contributed by atoms with Crippen LogP contribution in [0.15, 0.2) is 30.3 Å². The zero-order chi connectivity index (χ0) is 25.8. The zero-order valence-corrected chi connectivity index (χ0v) is 31.7. The van der Waals surface area contributed by atoms with Crippen molar-refractivity contribution in [2.45, 2.75) is 82.6 Å². The molecule has 0 bridgehead atoms. The van der Waals surface area contributed by atoms with Gasteiger partial charge in [-0.05, 0) is 35.9 Å². The number of benzene rings is 1. The Balaban J connectivity index is 4.66. The number of hydrogen-bond acceptors (Lipinski definition) is 0. The molecule has 0 heterocycles. The summed E-state index contributed by atoms with van der Waals surface area (Å²) >= 11 is 8.75. The van der Waals surface area contributed by atoms with E-state index in [4.69, 9.17) is 11.1 Å². The summed E-state index contributed by atoms with van der Waals surface area (Å²) < 4.78 is 2.38. The molecular formula is C24H53ClP2Si5. The monoisotopic (exact) mass is 578 g/mol. The van der Waals surface area contributed by atoms with E-state index in [1.807, 2.05) is 4.54 Å². The Labute approximate surface area is 213 Å². The summed E-state index contributed by atoms with van der Waals surface area (Å²) in [6.07, 6.45) is -1.58. The van der Waals surface area contributed by atoms with Gasteiger partial charge < -0.3 is 0 Å². The van der Waals surface area contributed by atoms with Crippen molar-refractivity contribution < 1.29 is 0 Å². The predicted molar refractivity (Wildman–Crippen MR) is 176 cm³/mol. The van der Waals surface area contributed by atoms with Crippen LogP contribution in [0.1, 0.15) is 0 Å². The minimum atomic E-state index is -2.48. The Hall–Kier alpha value is 1.32. The van der Waals surface area contributed by atoms with Gasteiger partial charge in [-0.15, -0.1) is 14.4 Å². The minimum Gasteiger partial charge on any atom is -0.154 e. The zero-order valence-electron chi connectivity index (χ0n) is 24.2. The van der Waals surface area contributed by atoms with E-state index in [0.29, 0.717) is 4.03 Å². The predicted octanol–water partition coefficient (Wildman–Crippen LogP) is 8.55. The minimum absolute atomic E-state index is 0.198. The first-order chi connectivity index (χ1) is 13.9. The van der Waals surface area contributed by atoms with Crippen LogP contribution in [0.5, 0.6) is 0 Å². The van der Waals surface area contributed by atoms with Crippen molar-refractivity contribution in [2.24, 2.45) is 0 Å². The first kappa shape index (κ1) is 31.4. The smallest absolute Gasteiger partial charge is 0.154 e. The third kappa shape index (κ3) is 5.08. The highest BCUT2D eigenvalue weighted by molar-refractivity contribution is 8.21. The summed E-state index contributed by atoms with van der Waals surface area (Å²) in [5, 5.41) is 1.55. The molecule has 0 aliphatic rings. The molecule has 0 aliphatic heterocycles. The van der Waals surface area contributed by atoms with E-state index in [0.717, 1.165) is 0 Å². The quantitative estimate of drug-likeness (QED) is 0.165. The first-order valence-electron chi connectivity index (χ1n) is 12.1. The van der Waals surface area contributed by atoms with E-state index >= 15 is 0 Å². The molecule has 1 atom stereocenters. The summed E-state index contributed by atoms with van der Waals surface area (Å²) in [6, 6.07) is 11.6. The maximum absolute atomic E-state index is 8.75. The van der Waals surface area contributed by atoms with Crippen molar-refractivity contribution in [3.05, 3.63) is 30.3 Å². The maximum Gasteiger partial charge on any atom is 0.215 e. The highest BCUT2D eigenvalue weighted by Crippen LogP contribution is 2.71. The summed E-state index contributed by atoms with van der Waals surface area (Å²) in [7, 11) is -9.03. The van der Waals surface area contributed by atoms with E-state index < -0.39 is 45.8 Å². The summed E-state index contributed by atoms with van der Waals surface area (Å²) in [4.78, 5) is 0. The molecule has 1 aromatic rings. The normalized spacial score (nSPS) is 16.8. The Morgan fingerprint density at radius 3 is 1.31 bits per heavy atom. The van der Waals surface area contributed by atoms with Crippen molar-refractivity contribution in [1.29, 1.82) is 0 Å². The molecule has 0 saturated heterocycles. The fraction of sp³-hybridized carbons (Fsp3) is 0.708. The molecule has 0 radical (unpaired) electrons. The molecule has 32 heavy (non-hydrogen) atoms. The average molecular weight is 580 g/mol.